The van der Waals surface area contributed by atoms with Crippen molar-refractivity contribution in [2.45, 2.75) is 76.0 Å². The molecule has 0 saturated heterocycles. The van der Waals surface area contributed by atoms with Crippen molar-refractivity contribution < 1.29 is 17.1 Å². The van der Waals surface area contributed by atoms with Crippen LogP contribution in [0.1, 0.15) is 76.9 Å². The van der Waals surface area contributed by atoms with Gasteiger partial charge in [-0.1, -0.05) is 47.7 Å². The summed E-state index contributed by atoms with van der Waals surface area (Å²) in [6.45, 7) is 14.6. The van der Waals surface area contributed by atoms with E-state index >= 15 is 0 Å². The Kier molecular flexibility index (Phi) is 10.9. The zero-order chi connectivity index (χ0) is 24.8. The number of hydrogen-bond donors (Lipinski definition) is 2. The zero-order valence-electron chi connectivity index (χ0n) is 22.1. The van der Waals surface area contributed by atoms with Crippen molar-refractivity contribution in [3.8, 4) is 0 Å². The molecule has 4 rings (SSSR count). The number of aromatic amines is 2. The summed E-state index contributed by atoms with van der Waals surface area (Å²) in [5.41, 5.74) is 5.27. The van der Waals surface area contributed by atoms with Crippen LogP contribution in [0.2, 0.25) is 0 Å². The summed E-state index contributed by atoms with van der Waals surface area (Å²) in [7, 11) is 2.95. The van der Waals surface area contributed by atoms with Crippen molar-refractivity contribution in [3.63, 3.8) is 0 Å². The first-order chi connectivity index (χ1) is 16.2. The van der Waals surface area contributed by atoms with Gasteiger partial charge in [0.05, 0.1) is 5.16 Å². The topological polar surface area (TPSA) is 31.6 Å². The van der Waals surface area contributed by atoms with Gasteiger partial charge in [-0.3, -0.25) is 0 Å². The van der Waals surface area contributed by atoms with E-state index in [1.807, 2.05) is 42.7 Å². The molecule has 2 aromatic carbocycles. The standard InChI is InChI=1S/C25H37N2P2.C5H5.Fe/c1-7-23(3,4)29(24(5,6)8-2)18-19-12-9-13-20(19)25(28,21-14-10-16-26-21)22-15-11-17-27-22;1-2-4-5-3-1;/h9-17,26-27H,7-8,18,28H2,1-6H3;1-5H;/q2*-1;+2. The van der Waals surface area contributed by atoms with Crippen molar-refractivity contribution in [2.24, 2.45) is 0 Å². The SMILES string of the molecule is CCC(C)(C)P(Cc1cc[cH-]c1C(P)(c1ccc[nH]1)c1ccc[nH]1)C(C)(C)CC.[Fe+2].c1cc[cH-]c1. The Balaban J connectivity index is 0.000000640. The summed E-state index contributed by atoms with van der Waals surface area (Å²) in [4.78, 5) is 6.96. The summed E-state index contributed by atoms with van der Waals surface area (Å²) >= 11 is 0. The maximum atomic E-state index is 3.48. The van der Waals surface area contributed by atoms with Gasteiger partial charge in [0.1, 0.15) is 0 Å². The van der Waals surface area contributed by atoms with Crippen LogP contribution in [-0.2, 0) is 28.4 Å². The van der Waals surface area contributed by atoms with Crippen LogP contribution in [0.15, 0.2) is 85.2 Å². The Morgan fingerprint density at radius 2 is 1.31 bits per heavy atom. The molecule has 1 atom stereocenters. The molecule has 2 N–H and O–H groups in total. The van der Waals surface area contributed by atoms with Crippen molar-refractivity contribution in [3.05, 3.63) is 108 Å². The Morgan fingerprint density at radius 1 is 0.800 bits per heavy atom. The van der Waals surface area contributed by atoms with Gasteiger partial charge in [-0.15, -0.1) is 22.7 Å². The molecule has 1 unspecified atom stereocenters. The molecule has 190 valence electrons. The molecule has 0 spiro atoms. The minimum absolute atomic E-state index is 0. The fourth-order valence-corrected chi connectivity index (χ4v) is 9.20. The molecule has 0 fully saturated rings. The first kappa shape index (κ1) is 29.9. The second-order valence-corrected chi connectivity index (χ2v) is 14.8. The van der Waals surface area contributed by atoms with Crippen LogP contribution in [0.25, 0.3) is 0 Å². The average molecular weight is 548 g/mol. The number of aromatic nitrogens is 2. The Hall–Kier alpha value is -1.36. The van der Waals surface area contributed by atoms with Crippen LogP contribution < -0.4 is 0 Å². The zero-order valence-corrected chi connectivity index (χ0v) is 25.2. The molecule has 0 aliphatic carbocycles. The first-order valence-electron chi connectivity index (χ1n) is 12.4. The van der Waals surface area contributed by atoms with Gasteiger partial charge in [-0.25, -0.2) is 18.2 Å². The van der Waals surface area contributed by atoms with Gasteiger partial charge >= 0.3 is 17.1 Å². The molecule has 35 heavy (non-hydrogen) atoms. The van der Waals surface area contributed by atoms with Crippen molar-refractivity contribution >= 4 is 17.2 Å². The first-order valence-corrected chi connectivity index (χ1v) is 14.5. The van der Waals surface area contributed by atoms with Crippen molar-refractivity contribution in [1.29, 1.82) is 0 Å². The van der Waals surface area contributed by atoms with Crippen molar-refractivity contribution in [1.82, 2.24) is 9.97 Å². The van der Waals surface area contributed by atoms with Crippen LogP contribution in [-0.4, -0.2) is 20.3 Å². The van der Waals surface area contributed by atoms with Crippen LogP contribution >= 0.6 is 17.2 Å². The molecular formula is C30H42FeN2P2. The number of nitrogens with one attached hydrogen (secondary N) is 2. The summed E-state index contributed by atoms with van der Waals surface area (Å²) in [5.74, 6) is 0. The van der Waals surface area contributed by atoms with E-state index in [0.717, 1.165) is 6.16 Å². The second-order valence-electron chi connectivity index (χ2n) is 10.3. The molecule has 4 aromatic rings. The largest absolute Gasteiger partial charge is 2.00 e. The quantitative estimate of drug-likeness (QED) is 0.119. The van der Waals surface area contributed by atoms with Gasteiger partial charge in [0.2, 0.25) is 0 Å². The molecule has 0 aliphatic heterocycles. The molecule has 0 bridgehead atoms. The third kappa shape index (κ3) is 6.70. The maximum absolute atomic E-state index is 3.48. The van der Waals surface area contributed by atoms with Gasteiger partial charge < -0.3 is 9.97 Å². The van der Waals surface area contributed by atoms with E-state index in [-0.39, 0.29) is 30.1 Å². The summed E-state index contributed by atoms with van der Waals surface area (Å²) in [6, 6.07) is 25.5. The van der Waals surface area contributed by atoms with Crippen molar-refractivity contribution in [2.75, 3.05) is 0 Å². The molecule has 0 aliphatic rings. The molecule has 5 heteroatoms. The number of rotatable bonds is 9. The van der Waals surface area contributed by atoms with E-state index in [1.165, 1.54) is 35.4 Å². The summed E-state index contributed by atoms with van der Waals surface area (Å²) in [5, 5.41) is 0.414. The van der Waals surface area contributed by atoms with Crippen LogP contribution in [0.5, 0.6) is 0 Å². The predicted molar refractivity (Wildman–Crippen MR) is 155 cm³/mol. The smallest absolute Gasteiger partial charge is 0.364 e. The molecular weight excluding hydrogens is 506 g/mol. The van der Waals surface area contributed by atoms with Gasteiger partial charge in [-0.2, -0.15) is 35.9 Å². The van der Waals surface area contributed by atoms with Gasteiger partial charge in [-0.05, 0) is 47.4 Å². The maximum Gasteiger partial charge on any atom is 2.00 e. The minimum Gasteiger partial charge on any atom is -0.364 e. The van der Waals surface area contributed by atoms with Crippen LogP contribution in [0, 0.1) is 0 Å². The molecule has 0 amide bonds. The molecule has 2 aromatic heterocycles. The average Bonchev–Trinajstić information content (AvgIpc) is 3.64. The predicted octanol–water partition coefficient (Wildman–Crippen LogP) is 8.99. The van der Waals surface area contributed by atoms with E-state index in [2.05, 4.69) is 103 Å². The molecule has 2 heterocycles. The second kappa shape index (κ2) is 12.7. The number of hydrogen-bond acceptors (Lipinski definition) is 0. The van der Waals surface area contributed by atoms with E-state index in [4.69, 9.17) is 0 Å². The fourth-order valence-electron chi connectivity index (χ4n) is 4.69. The van der Waals surface area contributed by atoms with E-state index in [9.17, 15) is 0 Å². The fraction of sp³-hybridized carbons (Fsp3) is 0.400. The van der Waals surface area contributed by atoms with E-state index < -0.39 is 0 Å². The third-order valence-corrected chi connectivity index (χ3v) is 12.6. The van der Waals surface area contributed by atoms with Gasteiger partial charge in [0.25, 0.3) is 0 Å². The minimum atomic E-state index is -0.292. The van der Waals surface area contributed by atoms with Gasteiger partial charge in [0.15, 0.2) is 0 Å². The number of H-pyrrole nitrogens is 2. The normalized spacial score (nSPS) is 12.2. The molecule has 0 radical (unpaired) electrons. The van der Waals surface area contributed by atoms with Crippen LogP contribution in [0.4, 0.5) is 0 Å². The Morgan fingerprint density at radius 3 is 1.69 bits per heavy atom. The van der Waals surface area contributed by atoms with E-state index in [0.29, 0.717) is 10.3 Å². The summed E-state index contributed by atoms with van der Waals surface area (Å²) < 4.78 is 0. The Bertz CT molecular complexity index is 1010. The third-order valence-electron chi connectivity index (χ3n) is 7.45. The molecule has 2 nitrogen and oxygen atoms in total. The summed E-state index contributed by atoms with van der Waals surface area (Å²) in [6.07, 6.45) is 7.64. The van der Waals surface area contributed by atoms with Gasteiger partial charge in [0, 0.05) is 23.8 Å². The van der Waals surface area contributed by atoms with Crippen LogP contribution in [0.3, 0.4) is 0 Å². The Labute approximate surface area is 227 Å². The monoisotopic (exact) mass is 548 g/mol. The molecule has 0 saturated carbocycles. The van der Waals surface area contributed by atoms with E-state index in [1.54, 1.807) is 0 Å².